The maximum absolute atomic E-state index is 12.6. The van der Waals surface area contributed by atoms with Gasteiger partial charge in [-0.25, -0.2) is 9.59 Å². The first kappa shape index (κ1) is 49.1. The van der Waals surface area contributed by atoms with Gasteiger partial charge in [-0.3, -0.25) is 28.7 Å². The van der Waals surface area contributed by atoms with E-state index in [9.17, 15) is 38.7 Å². The summed E-state index contributed by atoms with van der Waals surface area (Å²) in [6, 6.07) is 16.0. The van der Waals surface area contributed by atoms with Crippen LogP contribution in [-0.4, -0.2) is 106 Å². The van der Waals surface area contributed by atoms with Gasteiger partial charge in [0.15, 0.2) is 12.2 Å². The van der Waals surface area contributed by atoms with Crippen molar-refractivity contribution in [1.82, 2.24) is 15.1 Å². The molecule has 0 unspecified atom stereocenters. The highest BCUT2D eigenvalue weighted by molar-refractivity contribution is 5.89. The van der Waals surface area contributed by atoms with Crippen LogP contribution in [0.1, 0.15) is 107 Å². The van der Waals surface area contributed by atoms with Crippen LogP contribution in [0.5, 0.6) is 5.88 Å². The third-order valence-corrected chi connectivity index (χ3v) is 9.50. The Labute approximate surface area is 365 Å². The van der Waals surface area contributed by atoms with Crippen LogP contribution in [0.2, 0.25) is 0 Å². The zero-order valence-corrected chi connectivity index (χ0v) is 36.6. The molecule has 0 radical (unpaired) electrons. The number of carbonyl (C=O) groups is 7. The Hall–Kier alpha value is -6.56. The molecule has 2 N–H and O–H groups in total. The summed E-state index contributed by atoms with van der Waals surface area (Å²) in [5, 5.41) is 16.6. The first-order valence-corrected chi connectivity index (χ1v) is 20.3. The lowest BCUT2D eigenvalue weighted by Gasteiger charge is -2.43. The second-order valence-corrected chi connectivity index (χ2v) is 15.6. The van der Waals surface area contributed by atoms with Crippen LogP contribution in [-0.2, 0) is 70.2 Å². The number of nitrogens with one attached hydrogen (secondary N) is 1. The number of hydrogen-bond acceptors (Lipinski definition) is 15. The molecule has 1 fully saturated rings. The fourth-order valence-corrected chi connectivity index (χ4v) is 6.70. The van der Waals surface area contributed by atoms with Gasteiger partial charge in [0.05, 0.1) is 12.2 Å². The molecule has 2 aromatic carbocycles. The normalized spacial score (nSPS) is 18.6. The van der Waals surface area contributed by atoms with Gasteiger partial charge >= 0.3 is 35.8 Å². The summed E-state index contributed by atoms with van der Waals surface area (Å²) in [5.41, 5.74) is 1.94. The van der Waals surface area contributed by atoms with Crippen molar-refractivity contribution in [3.05, 3.63) is 88.6 Å². The maximum Gasteiger partial charge on any atom is 0.338 e. The van der Waals surface area contributed by atoms with Gasteiger partial charge in [0.2, 0.25) is 24.2 Å². The number of carbonyl (C=O) groups excluding carboxylic acids is 6. The van der Waals surface area contributed by atoms with Crippen LogP contribution in [0.3, 0.4) is 0 Å². The molecule has 1 aromatic heterocycles. The molecular formula is C45H55N3O15. The number of aryl methyl sites for hydroxylation is 1. The lowest BCUT2D eigenvalue weighted by molar-refractivity contribution is -0.289. The molecule has 0 bridgehead atoms. The van der Waals surface area contributed by atoms with Gasteiger partial charge in [0.25, 0.3) is 0 Å². The first-order chi connectivity index (χ1) is 29.7. The Morgan fingerprint density at radius 3 is 2.05 bits per heavy atom. The highest BCUT2D eigenvalue weighted by Gasteiger charge is 2.54. The zero-order chi connectivity index (χ0) is 46.4. The Morgan fingerprint density at radius 1 is 0.841 bits per heavy atom. The summed E-state index contributed by atoms with van der Waals surface area (Å²) >= 11 is 0. The van der Waals surface area contributed by atoms with E-state index in [1.807, 2.05) is 38.1 Å². The second kappa shape index (κ2) is 22.5. The Morgan fingerprint density at radius 2 is 1.46 bits per heavy atom. The lowest BCUT2D eigenvalue weighted by Crippen LogP contribution is -2.63. The van der Waals surface area contributed by atoms with Crippen molar-refractivity contribution >= 4 is 47.8 Å². The average molecular weight is 878 g/mol. The minimum absolute atomic E-state index is 0.0409. The number of carboxylic acid groups (broad SMARTS) is 1. The fraction of sp³-hybridized carbons (Fsp3) is 0.467. The molecule has 1 amide bonds. The third kappa shape index (κ3) is 14.5. The second-order valence-electron chi connectivity index (χ2n) is 15.6. The monoisotopic (exact) mass is 877 g/mol. The highest BCUT2D eigenvalue weighted by atomic mass is 16.7. The van der Waals surface area contributed by atoms with Gasteiger partial charge in [-0.05, 0) is 43.0 Å². The molecule has 5 atom stereocenters. The largest absolute Gasteiger partial charge is 0.480 e. The predicted octanol–water partition coefficient (Wildman–Crippen LogP) is 4.69. The molecule has 1 saturated heterocycles. The van der Waals surface area contributed by atoms with E-state index in [1.54, 1.807) is 47.2 Å². The molecule has 0 spiro atoms. The molecule has 2 heterocycles. The van der Waals surface area contributed by atoms with Crippen LogP contribution >= 0.6 is 0 Å². The smallest absolute Gasteiger partial charge is 0.338 e. The van der Waals surface area contributed by atoms with Gasteiger partial charge in [-0.2, -0.15) is 0 Å². The number of esters is 5. The van der Waals surface area contributed by atoms with Gasteiger partial charge in [0.1, 0.15) is 18.2 Å². The van der Waals surface area contributed by atoms with Crippen LogP contribution in [0.15, 0.2) is 60.7 Å². The minimum Gasteiger partial charge on any atom is -0.480 e. The standard InChI is InChI=1S/C45H55N3O15/c1-26(2)37-34(24-32-20-18-31(19-21-32)14-12-17-36(53)46-45(7,8)44(55)56)41(47-48(37)22-13-23-57-42(54)33-15-10-9-11-16-33)63-43-40(61-30(6)52)39(60-29(5)51)38(59-28(4)50)35(62-43)25-58-27(3)49/h9-12,14-16,18-21,26,35,38-40,43H,13,17,22-25H2,1-8H3,(H,46,53)(H,55,56)/b14-12+/t35-,38+,39+,40-,43+/m1/s1. The van der Waals surface area contributed by atoms with E-state index in [2.05, 4.69) is 5.32 Å². The molecule has 340 valence electrons. The van der Waals surface area contributed by atoms with Crippen molar-refractivity contribution in [1.29, 1.82) is 0 Å². The molecule has 3 aromatic rings. The molecule has 0 saturated carbocycles. The Kier molecular flexibility index (Phi) is 17.5. The van der Waals surface area contributed by atoms with Crippen molar-refractivity contribution in [2.75, 3.05) is 13.2 Å². The molecule has 1 aliphatic heterocycles. The number of benzene rings is 2. The van der Waals surface area contributed by atoms with Gasteiger partial charge < -0.3 is 43.6 Å². The van der Waals surface area contributed by atoms with Gasteiger partial charge in [0, 0.05) is 64.8 Å². The number of carboxylic acids is 1. The van der Waals surface area contributed by atoms with Gasteiger partial charge in [-0.1, -0.05) is 68.5 Å². The van der Waals surface area contributed by atoms with Crippen molar-refractivity contribution in [3.63, 3.8) is 0 Å². The van der Waals surface area contributed by atoms with Crippen molar-refractivity contribution in [2.24, 2.45) is 0 Å². The quantitative estimate of drug-likeness (QED) is 0.0890. The first-order valence-electron chi connectivity index (χ1n) is 20.3. The number of aromatic nitrogens is 2. The van der Waals surface area contributed by atoms with E-state index < -0.39 is 84.6 Å². The third-order valence-electron chi connectivity index (χ3n) is 9.50. The van der Waals surface area contributed by atoms with Crippen LogP contribution in [0, 0.1) is 0 Å². The molecule has 18 heteroatoms. The SMILES string of the molecule is CC(=O)OC[C@H]1O[C@@H](Oc2nn(CCCOC(=O)c3ccccc3)c(C(C)C)c2Cc2ccc(/C=C/CC(=O)NC(C)(C)C(=O)O)cc2)[C@H](OC(C)=O)[C@@H](OC(C)=O)[C@H]1OC(C)=O. The lowest BCUT2D eigenvalue weighted by atomic mass is 9.97. The summed E-state index contributed by atoms with van der Waals surface area (Å²) in [6.07, 6.45) is -3.24. The van der Waals surface area contributed by atoms with Crippen LogP contribution < -0.4 is 10.1 Å². The number of rotatable bonds is 20. The fourth-order valence-electron chi connectivity index (χ4n) is 6.70. The summed E-state index contributed by atoms with van der Waals surface area (Å²) in [6.45, 7) is 11.2. The highest BCUT2D eigenvalue weighted by Crippen LogP contribution is 2.35. The zero-order valence-electron chi connectivity index (χ0n) is 36.6. The summed E-state index contributed by atoms with van der Waals surface area (Å²) in [7, 11) is 0. The van der Waals surface area contributed by atoms with E-state index in [0.29, 0.717) is 17.5 Å². The number of aliphatic carboxylic acids is 1. The van der Waals surface area contributed by atoms with E-state index in [1.165, 1.54) is 20.8 Å². The molecule has 1 aliphatic rings. The van der Waals surface area contributed by atoms with E-state index >= 15 is 0 Å². The molecule has 63 heavy (non-hydrogen) atoms. The number of hydrogen-bond donors (Lipinski definition) is 2. The van der Waals surface area contributed by atoms with Crippen molar-refractivity contribution in [2.45, 2.75) is 123 Å². The van der Waals surface area contributed by atoms with Crippen LogP contribution in [0.25, 0.3) is 6.08 Å². The Bertz CT molecular complexity index is 2130. The number of nitrogens with zero attached hydrogens (tertiary/aromatic N) is 2. The van der Waals surface area contributed by atoms with Crippen LogP contribution in [0.4, 0.5) is 0 Å². The minimum atomic E-state index is -1.55. The number of amides is 1. The van der Waals surface area contributed by atoms with E-state index in [0.717, 1.165) is 37.6 Å². The van der Waals surface area contributed by atoms with E-state index in [-0.39, 0.29) is 37.8 Å². The number of ether oxygens (including phenoxy) is 7. The molecule has 4 rings (SSSR count). The van der Waals surface area contributed by atoms with Gasteiger partial charge in [-0.15, -0.1) is 5.10 Å². The molecular weight excluding hydrogens is 823 g/mol. The molecule has 0 aliphatic carbocycles. The molecule has 18 nitrogen and oxygen atoms in total. The summed E-state index contributed by atoms with van der Waals surface area (Å²) in [4.78, 5) is 85.6. The summed E-state index contributed by atoms with van der Waals surface area (Å²) < 4.78 is 42.0. The average Bonchev–Trinajstić information content (AvgIpc) is 3.54. The summed E-state index contributed by atoms with van der Waals surface area (Å²) in [5.74, 6) is -5.23. The van der Waals surface area contributed by atoms with Crippen molar-refractivity contribution < 1.29 is 71.8 Å². The topological polar surface area (TPSA) is 234 Å². The Balaban J connectivity index is 1.71. The van der Waals surface area contributed by atoms with E-state index in [4.69, 9.17) is 38.3 Å². The predicted molar refractivity (Wildman–Crippen MR) is 223 cm³/mol. The van der Waals surface area contributed by atoms with Crippen molar-refractivity contribution in [3.8, 4) is 5.88 Å². The maximum atomic E-state index is 12.6.